The number of pyridine rings is 1. The van der Waals surface area contributed by atoms with Crippen molar-refractivity contribution in [2.75, 3.05) is 0 Å². The molecule has 0 amide bonds. The summed E-state index contributed by atoms with van der Waals surface area (Å²) in [4.78, 5) is 18.7. The van der Waals surface area contributed by atoms with Gasteiger partial charge in [0.15, 0.2) is 5.78 Å². The van der Waals surface area contributed by atoms with Gasteiger partial charge in [0.05, 0.1) is 21.8 Å². The normalized spacial score (nSPS) is 21.6. The minimum absolute atomic E-state index is 0.0140. The summed E-state index contributed by atoms with van der Waals surface area (Å²) < 4.78 is 45.7. The number of rotatable bonds is 7. The molecule has 5 rings (SSSR count). The maximum Gasteiger partial charge on any atom is 0.266 e. The molecule has 0 spiro atoms. The molecule has 1 aliphatic rings. The number of benzene rings is 2. The predicted octanol–water partition coefficient (Wildman–Crippen LogP) is 6.95. The fourth-order valence-corrected chi connectivity index (χ4v) is 6.33. The van der Waals surface area contributed by atoms with E-state index in [1.165, 1.54) is 35.2 Å². The zero-order valence-electron chi connectivity index (χ0n) is 19.5. The van der Waals surface area contributed by atoms with Gasteiger partial charge in [-0.15, -0.1) is 11.8 Å². The van der Waals surface area contributed by atoms with Crippen LogP contribution in [0.4, 0.5) is 13.2 Å². The minimum atomic E-state index is -3.00. The Morgan fingerprint density at radius 3 is 2.68 bits per heavy atom. The van der Waals surface area contributed by atoms with Gasteiger partial charge in [-0.2, -0.15) is 11.3 Å². The maximum atomic E-state index is 13.7. The summed E-state index contributed by atoms with van der Waals surface area (Å²) in [5.41, 5.74) is -0.844. The first-order valence-corrected chi connectivity index (χ1v) is 13.6. The average molecular weight is 577 g/mol. The number of nitrogens with zero attached hydrogens (tertiary/aromatic N) is 1. The number of aromatic nitrogens is 1. The lowest BCUT2D eigenvalue weighted by atomic mass is 9.79. The van der Waals surface area contributed by atoms with E-state index in [1.54, 1.807) is 36.4 Å². The molecule has 3 heterocycles. The molecule has 1 fully saturated rings. The monoisotopic (exact) mass is 576 g/mol. The molecule has 3 atom stereocenters. The standard InChI is InChI=1S/C27H20ClF3N2O3S2/c28-18-4-1-2-5-21(18)38-24-20(34)13-27(33-26(24)35,15-10-11-37-14-15)22-6-3-7-23(32-22)36-16-8-9-19(29)17(12-16)25(30)31/h1-12,14,24-26,33,35H,13H2. The number of Topliss-reactive ketones (excluding diaryl/α,β-unsaturated/α-hetero) is 1. The molecule has 4 aromatic rings. The first-order chi connectivity index (χ1) is 18.3. The van der Waals surface area contributed by atoms with Gasteiger partial charge in [0.25, 0.3) is 6.43 Å². The molecule has 2 aromatic heterocycles. The maximum absolute atomic E-state index is 13.7. The fourth-order valence-electron chi connectivity index (χ4n) is 4.31. The molecule has 0 bridgehead atoms. The molecule has 1 aliphatic heterocycles. The van der Waals surface area contributed by atoms with Crippen LogP contribution in [0.15, 0.2) is 82.4 Å². The average Bonchev–Trinajstić information content (AvgIpc) is 3.44. The SMILES string of the molecule is O=C1CC(c2ccsc2)(c2cccc(Oc3ccc(F)c(C(F)F)c3)n2)NC(O)C1Sc1ccccc1Cl. The molecule has 5 nitrogen and oxygen atoms in total. The number of alkyl halides is 2. The Morgan fingerprint density at radius 1 is 1.16 bits per heavy atom. The molecule has 11 heteroatoms. The van der Waals surface area contributed by atoms with Crippen molar-refractivity contribution in [3.63, 3.8) is 0 Å². The number of aliphatic hydroxyl groups is 1. The van der Waals surface area contributed by atoms with Gasteiger partial charge in [0.1, 0.15) is 23.0 Å². The van der Waals surface area contributed by atoms with Gasteiger partial charge < -0.3 is 9.84 Å². The number of ketones is 1. The Hall–Kier alpha value is -2.89. The lowest BCUT2D eigenvalue weighted by Gasteiger charge is -2.42. The van der Waals surface area contributed by atoms with Crippen molar-refractivity contribution < 1.29 is 27.8 Å². The van der Waals surface area contributed by atoms with Crippen molar-refractivity contribution in [1.82, 2.24) is 10.3 Å². The van der Waals surface area contributed by atoms with Crippen LogP contribution in [0.1, 0.15) is 29.7 Å². The Balaban J connectivity index is 1.47. The van der Waals surface area contributed by atoms with E-state index in [2.05, 4.69) is 10.3 Å². The minimum Gasteiger partial charge on any atom is -0.439 e. The first-order valence-electron chi connectivity index (χ1n) is 11.4. The molecular formula is C27H20ClF3N2O3S2. The quantitative estimate of drug-likeness (QED) is 0.248. The van der Waals surface area contributed by atoms with E-state index in [0.29, 0.717) is 15.6 Å². The van der Waals surface area contributed by atoms with E-state index in [-0.39, 0.29) is 23.8 Å². The molecule has 38 heavy (non-hydrogen) atoms. The van der Waals surface area contributed by atoms with Crippen molar-refractivity contribution in [2.24, 2.45) is 0 Å². The van der Waals surface area contributed by atoms with Crippen LogP contribution in [0.2, 0.25) is 5.02 Å². The van der Waals surface area contributed by atoms with Gasteiger partial charge in [-0.25, -0.2) is 18.2 Å². The highest BCUT2D eigenvalue weighted by Gasteiger charge is 2.48. The molecule has 3 unspecified atom stereocenters. The van der Waals surface area contributed by atoms with Crippen LogP contribution in [-0.4, -0.2) is 27.4 Å². The summed E-state index contributed by atoms with van der Waals surface area (Å²) in [5.74, 6) is -1.20. The fraction of sp³-hybridized carbons (Fsp3) is 0.185. The van der Waals surface area contributed by atoms with Crippen LogP contribution < -0.4 is 10.1 Å². The largest absolute Gasteiger partial charge is 0.439 e. The number of hydrogen-bond donors (Lipinski definition) is 2. The second-order valence-corrected chi connectivity index (χ2v) is 10.9. The second-order valence-electron chi connectivity index (χ2n) is 8.57. The molecule has 2 aromatic carbocycles. The Kier molecular flexibility index (Phi) is 7.78. The van der Waals surface area contributed by atoms with Crippen molar-refractivity contribution in [2.45, 2.75) is 34.8 Å². The summed E-state index contributed by atoms with van der Waals surface area (Å²) >= 11 is 8.88. The second kappa shape index (κ2) is 11.1. The van der Waals surface area contributed by atoms with Crippen LogP contribution in [0.3, 0.4) is 0 Å². The number of carbonyl (C=O) groups excluding carboxylic acids is 1. The van der Waals surface area contributed by atoms with E-state index in [9.17, 15) is 23.1 Å². The third-order valence-corrected chi connectivity index (χ3v) is 8.64. The molecule has 1 saturated heterocycles. The van der Waals surface area contributed by atoms with E-state index in [4.69, 9.17) is 16.3 Å². The molecular weight excluding hydrogens is 557 g/mol. The van der Waals surface area contributed by atoms with E-state index in [0.717, 1.165) is 17.7 Å². The van der Waals surface area contributed by atoms with Crippen molar-refractivity contribution >= 4 is 40.5 Å². The third kappa shape index (κ3) is 5.32. The lowest BCUT2D eigenvalue weighted by Crippen LogP contribution is -2.60. The number of ether oxygens (including phenoxy) is 1. The molecule has 196 valence electrons. The Labute approximate surface area is 229 Å². The lowest BCUT2D eigenvalue weighted by molar-refractivity contribution is -0.125. The highest BCUT2D eigenvalue weighted by atomic mass is 35.5. The van der Waals surface area contributed by atoms with Gasteiger partial charge in [-0.05, 0) is 58.8 Å². The molecule has 2 N–H and O–H groups in total. The number of aliphatic hydroxyl groups excluding tert-OH is 1. The van der Waals surface area contributed by atoms with Crippen molar-refractivity contribution in [1.29, 1.82) is 0 Å². The number of nitrogens with one attached hydrogen (secondary N) is 1. The number of halogens is 4. The van der Waals surface area contributed by atoms with Gasteiger partial charge in [0.2, 0.25) is 5.88 Å². The summed E-state index contributed by atoms with van der Waals surface area (Å²) in [6, 6.07) is 16.8. The number of hydrogen-bond acceptors (Lipinski definition) is 7. The van der Waals surface area contributed by atoms with Crippen molar-refractivity contribution in [3.8, 4) is 11.6 Å². The smallest absolute Gasteiger partial charge is 0.266 e. The highest BCUT2D eigenvalue weighted by molar-refractivity contribution is 8.00. The van der Waals surface area contributed by atoms with Crippen LogP contribution in [-0.2, 0) is 10.3 Å². The zero-order valence-corrected chi connectivity index (χ0v) is 21.9. The summed E-state index contributed by atoms with van der Waals surface area (Å²) in [7, 11) is 0. The van der Waals surface area contributed by atoms with Gasteiger partial charge in [-0.3, -0.25) is 10.1 Å². The first kappa shape index (κ1) is 26.7. The summed E-state index contributed by atoms with van der Waals surface area (Å²) in [5, 5.41) is 17.7. The molecule has 0 saturated carbocycles. The third-order valence-electron chi connectivity index (χ3n) is 6.13. The zero-order chi connectivity index (χ0) is 26.9. The van der Waals surface area contributed by atoms with Crippen LogP contribution in [0.5, 0.6) is 11.6 Å². The highest BCUT2D eigenvalue weighted by Crippen LogP contribution is 2.42. The number of carbonyl (C=O) groups is 1. The van der Waals surface area contributed by atoms with Gasteiger partial charge >= 0.3 is 0 Å². The van der Waals surface area contributed by atoms with Crippen LogP contribution in [0.25, 0.3) is 0 Å². The molecule has 0 aliphatic carbocycles. The predicted molar refractivity (Wildman–Crippen MR) is 141 cm³/mol. The van der Waals surface area contributed by atoms with Crippen LogP contribution in [0, 0.1) is 5.82 Å². The number of thioether (sulfide) groups is 1. The Morgan fingerprint density at radius 2 is 1.97 bits per heavy atom. The number of thiophene rings is 1. The molecule has 0 radical (unpaired) electrons. The topological polar surface area (TPSA) is 71.5 Å². The van der Waals surface area contributed by atoms with E-state index in [1.807, 2.05) is 16.8 Å². The van der Waals surface area contributed by atoms with Crippen molar-refractivity contribution in [3.05, 3.63) is 105 Å². The number of piperidine rings is 1. The van der Waals surface area contributed by atoms with E-state index >= 15 is 0 Å². The van der Waals surface area contributed by atoms with Gasteiger partial charge in [-0.1, -0.05) is 29.8 Å². The Bertz CT molecular complexity index is 1460. The summed E-state index contributed by atoms with van der Waals surface area (Å²) in [6.45, 7) is 0. The van der Waals surface area contributed by atoms with E-state index < -0.39 is 34.8 Å². The van der Waals surface area contributed by atoms with Crippen LogP contribution >= 0.6 is 34.7 Å². The summed E-state index contributed by atoms with van der Waals surface area (Å²) in [6.07, 6.45) is -4.27. The van der Waals surface area contributed by atoms with Gasteiger partial charge in [0, 0.05) is 17.4 Å².